The van der Waals surface area contributed by atoms with Crippen molar-refractivity contribution < 1.29 is 4.79 Å². The van der Waals surface area contributed by atoms with Crippen LogP contribution in [0.4, 0.5) is 0 Å². The Morgan fingerprint density at radius 2 is 2.12 bits per heavy atom. The minimum absolute atomic E-state index is 0.384. The van der Waals surface area contributed by atoms with Crippen LogP contribution in [0.1, 0.15) is 52.4 Å². The summed E-state index contributed by atoms with van der Waals surface area (Å²) in [7, 11) is 0. The highest BCUT2D eigenvalue weighted by atomic mass is 16.1. The summed E-state index contributed by atoms with van der Waals surface area (Å²) >= 11 is 0. The minimum atomic E-state index is 0.384. The summed E-state index contributed by atoms with van der Waals surface area (Å²) in [6.07, 6.45) is 6.97. The quantitative estimate of drug-likeness (QED) is 0.730. The van der Waals surface area contributed by atoms with Crippen LogP contribution in [0.2, 0.25) is 0 Å². The van der Waals surface area contributed by atoms with Gasteiger partial charge in [0.2, 0.25) is 0 Å². The third kappa shape index (κ3) is 2.65. The summed E-state index contributed by atoms with van der Waals surface area (Å²) in [4.78, 5) is 14.4. The van der Waals surface area contributed by atoms with Crippen molar-refractivity contribution in [3.05, 3.63) is 0 Å². The summed E-state index contributed by atoms with van der Waals surface area (Å²) in [5.74, 6) is 1.71. The number of hydrogen-bond acceptors (Lipinski definition) is 2. The Hall–Kier alpha value is -0.370. The molecular formula is C14H25NO. The lowest BCUT2D eigenvalue weighted by Crippen LogP contribution is -2.38. The largest absolute Gasteiger partial charge is 0.300 e. The van der Waals surface area contributed by atoms with Gasteiger partial charge in [0.15, 0.2) is 0 Å². The van der Waals surface area contributed by atoms with Gasteiger partial charge in [-0.25, -0.2) is 0 Å². The van der Waals surface area contributed by atoms with Crippen LogP contribution in [0.3, 0.4) is 0 Å². The third-order valence-corrected chi connectivity index (χ3v) is 4.22. The molecule has 1 aliphatic carbocycles. The van der Waals surface area contributed by atoms with Crippen molar-refractivity contribution in [2.45, 2.75) is 58.4 Å². The van der Waals surface area contributed by atoms with Crippen LogP contribution in [0.15, 0.2) is 0 Å². The maximum atomic E-state index is 11.8. The van der Waals surface area contributed by atoms with Crippen LogP contribution >= 0.6 is 0 Å². The molecule has 1 heterocycles. The van der Waals surface area contributed by atoms with E-state index in [1.807, 2.05) is 0 Å². The van der Waals surface area contributed by atoms with E-state index in [1.165, 1.54) is 32.4 Å². The molecule has 1 saturated carbocycles. The highest BCUT2D eigenvalue weighted by Crippen LogP contribution is 2.33. The topological polar surface area (TPSA) is 20.3 Å². The van der Waals surface area contributed by atoms with Gasteiger partial charge in [0.05, 0.1) is 0 Å². The van der Waals surface area contributed by atoms with E-state index in [0.29, 0.717) is 17.7 Å². The molecule has 2 rings (SSSR count). The lowest BCUT2D eigenvalue weighted by Gasteiger charge is -2.29. The second-order valence-corrected chi connectivity index (χ2v) is 5.89. The van der Waals surface area contributed by atoms with Gasteiger partial charge in [-0.1, -0.05) is 13.8 Å². The average molecular weight is 223 g/mol. The Bertz CT molecular complexity index is 249. The first-order valence-corrected chi connectivity index (χ1v) is 6.95. The Morgan fingerprint density at radius 3 is 2.75 bits per heavy atom. The molecule has 0 aromatic heterocycles. The van der Waals surface area contributed by atoms with Crippen molar-refractivity contribution in [3.8, 4) is 0 Å². The van der Waals surface area contributed by atoms with Crippen LogP contribution < -0.4 is 0 Å². The van der Waals surface area contributed by atoms with Crippen LogP contribution in [0.25, 0.3) is 0 Å². The van der Waals surface area contributed by atoms with Gasteiger partial charge >= 0.3 is 0 Å². The van der Waals surface area contributed by atoms with Crippen LogP contribution in [0.5, 0.6) is 0 Å². The number of Topliss-reactive ketones (excluding diaryl/α,β-unsaturated/α-hetero) is 1. The van der Waals surface area contributed by atoms with Gasteiger partial charge in [-0.05, 0) is 51.1 Å². The molecule has 0 N–H and O–H groups in total. The zero-order valence-electron chi connectivity index (χ0n) is 10.7. The van der Waals surface area contributed by atoms with Gasteiger partial charge < -0.3 is 0 Å². The molecule has 2 nitrogen and oxygen atoms in total. The molecule has 2 atom stereocenters. The van der Waals surface area contributed by atoms with E-state index in [0.717, 1.165) is 25.2 Å². The third-order valence-electron chi connectivity index (χ3n) is 4.22. The van der Waals surface area contributed by atoms with Gasteiger partial charge in [0, 0.05) is 18.4 Å². The van der Waals surface area contributed by atoms with E-state index >= 15 is 0 Å². The van der Waals surface area contributed by atoms with Crippen molar-refractivity contribution >= 4 is 5.78 Å². The Morgan fingerprint density at radius 1 is 1.31 bits per heavy atom. The van der Waals surface area contributed by atoms with E-state index in [-0.39, 0.29) is 0 Å². The van der Waals surface area contributed by atoms with E-state index < -0.39 is 0 Å². The standard InChI is InChI=1S/C14H25NO/c1-11(2)8-10-15-9-4-6-13(15)12-5-3-7-14(12)16/h11-13H,3-10H2,1-2H3. The molecule has 2 unspecified atom stereocenters. The van der Waals surface area contributed by atoms with Gasteiger partial charge in [-0.15, -0.1) is 0 Å². The molecule has 92 valence electrons. The van der Waals surface area contributed by atoms with E-state index in [4.69, 9.17) is 0 Å². The molecule has 2 fully saturated rings. The van der Waals surface area contributed by atoms with Crippen LogP contribution in [-0.2, 0) is 4.79 Å². The first kappa shape index (κ1) is 12.1. The predicted molar refractivity (Wildman–Crippen MR) is 66.4 cm³/mol. The molecule has 16 heavy (non-hydrogen) atoms. The summed E-state index contributed by atoms with van der Waals surface area (Å²) < 4.78 is 0. The first-order valence-electron chi connectivity index (χ1n) is 6.95. The number of nitrogens with zero attached hydrogens (tertiary/aromatic N) is 1. The summed E-state index contributed by atoms with van der Waals surface area (Å²) in [6, 6.07) is 0.591. The lowest BCUT2D eigenvalue weighted by molar-refractivity contribution is -0.122. The normalized spacial score (nSPS) is 31.8. The van der Waals surface area contributed by atoms with Crippen molar-refractivity contribution in [2.24, 2.45) is 11.8 Å². The molecule has 0 amide bonds. The Labute approximate surface area is 99.4 Å². The molecule has 0 spiro atoms. The zero-order valence-corrected chi connectivity index (χ0v) is 10.7. The fraction of sp³-hybridized carbons (Fsp3) is 0.929. The Kier molecular flexibility index (Phi) is 4.01. The molecule has 1 saturated heterocycles. The Balaban J connectivity index is 1.89. The fourth-order valence-electron chi connectivity index (χ4n) is 3.26. The molecule has 0 radical (unpaired) electrons. The SMILES string of the molecule is CC(C)CCN1CCCC1C1CCCC1=O. The van der Waals surface area contributed by atoms with Gasteiger partial charge in [-0.3, -0.25) is 9.69 Å². The van der Waals surface area contributed by atoms with Crippen molar-refractivity contribution in [2.75, 3.05) is 13.1 Å². The smallest absolute Gasteiger partial charge is 0.137 e. The molecule has 2 aliphatic rings. The summed E-state index contributed by atoms with van der Waals surface area (Å²) in [6.45, 7) is 6.99. The monoisotopic (exact) mass is 223 g/mol. The van der Waals surface area contributed by atoms with E-state index in [2.05, 4.69) is 18.7 Å². The number of rotatable bonds is 4. The second kappa shape index (κ2) is 5.31. The van der Waals surface area contributed by atoms with Gasteiger partial charge in [0.25, 0.3) is 0 Å². The zero-order chi connectivity index (χ0) is 11.5. The van der Waals surface area contributed by atoms with Crippen LogP contribution in [0, 0.1) is 11.8 Å². The predicted octanol–water partition coefficient (Wildman–Crippen LogP) is 2.87. The van der Waals surface area contributed by atoms with Gasteiger partial charge in [-0.2, -0.15) is 0 Å². The number of hydrogen-bond donors (Lipinski definition) is 0. The maximum absolute atomic E-state index is 11.8. The first-order chi connectivity index (χ1) is 7.68. The highest BCUT2D eigenvalue weighted by molar-refractivity contribution is 5.83. The number of carbonyl (C=O) groups excluding carboxylic acids is 1. The molecule has 0 aromatic rings. The molecule has 2 heteroatoms. The fourth-order valence-corrected chi connectivity index (χ4v) is 3.26. The van der Waals surface area contributed by atoms with Crippen molar-refractivity contribution in [1.29, 1.82) is 0 Å². The van der Waals surface area contributed by atoms with E-state index in [9.17, 15) is 4.79 Å². The second-order valence-electron chi connectivity index (χ2n) is 5.89. The average Bonchev–Trinajstić information content (AvgIpc) is 2.82. The molecule has 0 bridgehead atoms. The molecular weight excluding hydrogens is 198 g/mol. The van der Waals surface area contributed by atoms with Crippen molar-refractivity contribution in [3.63, 3.8) is 0 Å². The minimum Gasteiger partial charge on any atom is -0.300 e. The van der Waals surface area contributed by atoms with Crippen LogP contribution in [-0.4, -0.2) is 29.8 Å². The maximum Gasteiger partial charge on any atom is 0.137 e. The number of ketones is 1. The highest BCUT2D eigenvalue weighted by Gasteiger charge is 2.37. The van der Waals surface area contributed by atoms with Gasteiger partial charge in [0.1, 0.15) is 5.78 Å². The number of likely N-dealkylation sites (tertiary alicyclic amines) is 1. The summed E-state index contributed by atoms with van der Waals surface area (Å²) in [5, 5.41) is 0. The lowest BCUT2D eigenvalue weighted by atomic mass is 9.95. The summed E-state index contributed by atoms with van der Waals surface area (Å²) in [5.41, 5.74) is 0. The van der Waals surface area contributed by atoms with E-state index in [1.54, 1.807) is 0 Å². The molecule has 0 aromatic carbocycles. The van der Waals surface area contributed by atoms with Crippen molar-refractivity contribution in [1.82, 2.24) is 4.90 Å². The number of carbonyl (C=O) groups is 1. The molecule has 1 aliphatic heterocycles.